The van der Waals surface area contributed by atoms with Crippen LogP contribution < -0.4 is 23.0 Å². The summed E-state index contributed by atoms with van der Waals surface area (Å²) in [4.78, 5) is 48.5. The number of carbonyl (C=O) groups excluding carboxylic acids is 4. The van der Waals surface area contributed by atoms with Crippen molar-refractivity contribution in [2.24, 2.45) is 0 Å². The molecule has 0 bridgehead atoms. The maximum Gasteiger partial charge on any atom is 4.00 e. The van der Waals surface area contributed by atoms with E-state index in [1.807, 2.05) is 6.92 Å². The minimum absolute atomic E-state index is 0. The number of rotatable bonds is 3. The standard InChI is InChI=1S/C11H16N4O4.ClH.Pt/c1-7(15-5-10(18)13-11(19)6-15)2-14-3-8(16)12-9(17)4-14;;/h7H,2-6H2,1H3,(H,12,16,17)(H,13,18,19);1H;/q;;+4/p-1. The van der Waals surface area contributed by atoms with Crippen molar-refractivity contribution in [3.05, 3.63) is 0 Å². The number of hydrogen-bond donors (Lipinski definition) is 2. The Kier molecular flexibility index (Phi) is 8.24. The number of piperazine rings is 2. The van der Waals surface area contributed by atoms with Crippen LogP contribution in [0, 0.1) is 0 Å². The first-order valence-corrected chi connectivity index (χ1v) is 6.06. The Balaban J connectivity index is 0.00000200. The van der Waals surface area contributed by atoms with E-state index in [4.69, 9.17) is 0 Å². The zero-order chi connectivity index (χ0) is 14.0. The predicted molar refractivity (Wildman–Crippen MR) is 63.8 cm³/mol. The average Bonchev–Trinajstić information content (AvgIpc) is 2.25. The van der Waals surface area contributed by atoms with Crippen LogP contribution >= 0.6 is 0 Å². The first-order valence-electron chi connectivity index (χ1n) is 6.06. The summed E-state index contributed by atoms with van der Waals surface area (Å²) in [5.74, 6) is -1.29. The fraction of sp³-hybridized carbons (Fsp3) is 0.636. The molecule has 2 N–H and O–H groups in total. The van der Waals surface area contributed by atoms with Crippen LogP contribution in [0.4, 0.5) is 0 Å². The number of carbonyl (C=O) groups is 4. The number of hydrogen-bond acceptors (Lipinski definition) is 6. The van der Waals surface area contributed by atoms with Crippen molar-refractivity contribution >= 4 is 23.6 Å². The summed E-state index contributed by atoms with van der Waals surface area (Å²) < 4.78 is 0. The minimum atomic E-state index is -0.324. The van der Waals surface area contributed by atoms with E-state index in [1.165, 1.54) is 0 Å². The molecule has 1 unspecified atom stereocenters. The Morgan fingerprint density at radius 1 is 0.905 bits per heavy atom. The van der Waals surface area contributed by atoms with Crippen molar-refractivity contribution in [3.63, 3.8) is 0 Å². The van der Waals surface area contributed by atoms with Crippen LogP contribution in [-0.2, 0) is 40.2 Å². The molecule has 0 aromatic heterocycles. The molecule has 2 aliphatic heterocycles. The van der Waals surface area contributed by atoms with Crippen molar-refractivity contribution in [3.8, 4) is 0 Å². The molecule has 2 saturated heterocycles. The van der Waals surface area contributed by atoms with Crippen LogP contribution in [-0.4, -0.2) is 72.2 Å². The van der Waals surface area contributed by atoms with E-state index in [0.717, 1.165) is 0 Å². The van der Waals surface area contributed by atoms with E-state index in [2.05, 4.69) is 10.6 Å². The maximum absolute atomic E-state index is 11.3. The third kappa shape index (κ3) is 5.82. The summed E-state index contributed by atoms with van der Waals surface area (Å²) >= 11 is 0. The first kappa shape index (κ1) is 20.2. The molecule has 2 rings (SSSR count). The molecule has 0 saturated carbocycles. The van der Waals surface area contributed by atoms with Crippen LogP contribution in [0.3, 0.4) is 0 Å². The third-order valence-corrected chi connectivity index (χ3v) is 3.13. The molecule has 10 heteroatoms. The molecular weight excluding hydrogens is 483 g/mol. The summed E-state index contributed by atoms with van der Waals surface area (Å²) in [7, 11) is 0. The molecular formula is C11H16ClN4O4Pt+3. The molecule has 21 heavy (non-hydrogen) atoms. The average molecular weight is 499 g/mol. The largest absolute Gasteiger partial charge is 4.00 e. The second kappa shape index (κ2) is 8.58. The zero-order valence-electron chi connectivity index (χ0n) is 11.3. The summed E-state index contributed by atoms with van der Waals surface area (Å²) in [5, 5.41) is 4.46. The van der Waals surface area contributed by atoms with Crippen LogP contribution in [0.15, 0.2) is 0 Å². The second-order valence-corrected chi connectivity index (χ2v) is 4.87. The Morgan fingerprint density at radius 2 is 1.29 bits per heavy atom. The zero-order valence-corrected chi connectivity index (χ0v) is 14.4. The topological polar surface area (TPSA) is 98.8 Å². The van der Waals surface area contributed by atoms with Gasteiger partial charge in [0.15, 0.2) is 0 Å². The van der Waals surface area contributed by atoms with Gasteiger partial charge in [-0.2, -0.15) is 0 Å². The molecule has 118 valence electrons. The molecule has 0 aliphatic carbocycles. The van der Waals surface area contributed by atoms with Crippen LogP contribution in [0.2, 0.25) is 0 Å². The Bertz CT molecular complexity index is 416. The van der Waals surface area contributed by atoms with Gasteiger partial charge >= 0.3 is 21.1 Å². The van der Waals surface area contributed by atoms with Crippen molar-refractivity contribution < 1.29 is 52.7 Å². The normalized spacial score (nSPS) is 21.8. The van der Waals surface area contributed by atoms with Gasteiger partial charge in [0.25, 0.3) is 0 Å². The van der Waals surface area contributed by atoms with Gasteiger partial charge in [0.1, 0.15) is 0 Å². The first-order chi connectivity index (χ1) is 8.94. The molecule has 2 heterocycles. The number of nitrogens with one attached hydrogen (secondary N) is 2. The van der Waals surface area contributed by atoms with Gasteiger partial charge in [0.2, 0.25) is 23.6 Å². The van der Waals surface area contributed by atoms with Gasteiger partial charge in [0.05, 0.1) is 26.2 Å². The molecule has 0 radical (unpaired) electrons. The predicted octanol–water partition coefficient (Wildman–Crippen LogP) is -5.71. The van der Waals surface area contributed by atoms with Gasteiger partial charge < -0.3 is 12.4 Å². The number of nitrogens with zero attached hydrogens (tertiary/aromatic N) is 2. The Morgan fingerprint density at radius 3 is 1.71 bits per heavy atom. The SMILES string of the molecule is CC(CN1CC(=O)NC(=O)C1)N1CC(=O)NC(=O)C1.[Cl-].[Pt+4]. The van der Waals surface area contributed by atoms with E-state index < -0.39 is 0 Å². The van der Waals surface area contributed by atoms with E-state index >= 15 is 0 Å². The van der Waals surface area contributed by atoms with E-state index in [-0.39, 0.29) is 89.3 Å². The smallest absolute Gasteiger partial charge is 1.00 e. The van der Waals surface area contributed by atoms with Crippen LogP contribution in [0.25, 0.3) is 0 Å². The molecule has 0 spiro atoms. The van der Waals surface area contributed by atoms with Gasteiger partial charge in [-0.15, -0.1) is 0 Å². The summed E-state index contributed by atoms with van der Waals surface area (Å²) in [5.41, 5.74) is 0. The second-order valence-electron chi connectivity index (χ2n) is 4.87. The van der Waals surface area contributed by atoms with Gasteiger partial charge in [-0.25, -0.2) is 0 Å². The van der Waals surface area contributed by atoms with Crippen molar-refractivity contribution in [2.45, 2.75) is 13.0 Å². The molecule has 4 amide bonds. The number of amides is 4. The Hall–Kier alpha value is -0.822. The molecule has 1 atom stereocenters. The van der Waals surface area contributed by atoms with Gasteiger partial charge in [0, 0.05) is 12.6 Å². The maximum atomic E-state index is 11.3. The van der Waals surface area contributed by atoms with Gasteiger partial charge in [-0.1, -0.05) is 0 Å². The molecule has 2 aliphatic rings. The fourth-order valence-corrected chi connectivity index (χ4v) is 2.29. The van der Waals surface area contributed by atoms with Crippen molar-refractivity contribution in [1.82, 2.24) is 20.4 Å². The van der Waals surface area contributed by atoms with Gasteiger partial charge in [-0.05, 0) is 6.92 Å². The fourth-order valence-electron chi connectivity index (χ4n) is 2.29. The summed E-state index contributed by atoms with van der Waals surface area (Å²) in [6.45, 7) is 2.94. The number of imide groups is 2. The van der Waals surface area contributed by atoms with Crippen LogP contribution in [0.5, 0.6) is 0 Å². The quantitative estimate of drug-likeness (QED) is 0.377. The summed E-state index contributed by atoms with van der Waals surface area (Å²) in [6.07, 6.45) is 0. The molecule has 0 aromatic rings. The van der Waals surface area contributed by atoms with Crippen molar-refractivity contribution in [1.29, 1.82) is 0 Å². The molecule has 8 nitrogen and oxygen atoms in total. The molecule has 0 aromatic carbocycles. The van der Waals surface area contributed by atoms with Crippen LogP contribution in [0.1, 0.15) is 6.92 Å². The van der Waals surface area contributed by atoms with E-state index in [1.54, 1.807) is 9.80 Å². The monoisotopic (exact) mass is 498 g/mol. The third-order valence-electron chi connectivity index (χ3n) is 3.13. The van der Waals surface area contributed by atoms with Gasteiger partial charge in [-0.3, -0.25) is 39.6 Å². The van der Waals surface area contributed by atoms with E-state index in [0.29, 0.717) is 6.54 Å². The minimum Gasteiger partial charge on any atom is -1.00 e. The number of halogens is 1. The van der Waals surface area contributed by atoms with Crippen molar-refractivity contribution in [2.75, 3.05) is 32.7 Å². The molecule has 2 fully saturated rings. The van der Waals surface area contributed by atoms with E-state index in [9.17, 15) is 19.2 Å². The summed E-state index contributed by atoms with van der Waals surface area (Å²) in [6, 6.07) is -0.0892. The Labute approximate surface area is 142 Å².